The van der Waals surface area contributed by atoms with Crippen molar-refractivity contribution < 1.29 is 19.1 Å². The molecule has 3 amide bonds. The Labute approximate surface area is 181 Å². The van der Waals surface area contributed by atoms with Crippen LogP contribution in [-0.2, 0) is 14.4 Å². The van der Waals surface area contributed by atoms with Crippen molar-refractivity contribution in [3.8, 4) is 5.75 Å². The van der Waals surface area contributed by atoms with Gasteiger partial charge in [-0.05, 0) is 55.8 Å². The number of rotatable bonds is 8. The van der Waals surface area contributed by atoms with Crippen molar-refractivity contribution in [1.82, 2.24) is 4.90 Å². The first-order valence-corrected chi connectivity index (χ1v) is 9.93. The second-order valence-electron chi connectivity index (χ2n) is 7.33. The predicted octanol–water partition coefficient (Wildman–Crippen LogP) is 3.81. The summed E-state index contributed by atoms with van der Waals surface area (Å²) in [6.45, 7) is 9.04. The van der Waals surface area contributed by atoms with Crippen molar-refractivity contribution in [2.45, 2.75) is 26.9 Å². The molecule has 160 valence electrons. The number of hydrogen-bond donors (Lipinski definition) is 2. The molecule has 2 N–H and O–H groups in total. The molecule has 2 aromatic rings. The third-order valence-corrected chi connectivity index (χ3v) is 4.47. The molecule has 0 saturated heterocycles. The van der Waals surface area contributed by atoms with Gasteiger partial charge in [0, 0.05) is 24.8 Å². The standard InChI is InChI=1S/C24H25N3O4/c1-5-14-27-23(29)21(17-6-12-20(13-7-17)31-15(2)3)22(24(27)30)26-19-10-8-18(9-11-19)25-16(4)28/h5-13,15,26H,1,14H2,2-4H3,(H,25,28). The SMILES string of the molecule is C=CCN1C(=O)C(Nc2ccc(NC(C)=O)cc2)=C(c2ccc(OC(C)C)cc2)C1=O. The molecule has 0 aromatic heterocycles. The Kier molecular flexibility index (Phi) is 6.55. The van der Waals surface area contributed by atoms with Crippen LogP contribution in [0.25, 0.3) is 5.57 Å². The molecule has 0 aliphatic carbocycles. The number of carbonyl (C=O) groups excluding carboxylic acids is 3. The van der Waals surface area contributed by atoms with E-state index in [0.29, 0.717) is 22.7 Å². The van der Waals surface area contributed by atoms with Gasteiger partial charge in [-0.15, -0.1) is 6.58 Å². The Bertz CT molecular complexity index is 1040. The summed E-state index contributed by atoms with van der Waals surface area (Å²) in [7, 11) is 0. The van der Waals surface area contributed by atoms with Crippen LogP contribution in [0.15, 0.2) is 66.9 Å². The zero-order valence-electron chi connectivity index (χ0n) is 17.8. The molecule has 1 heterocycles. The quantitative estimate of drug-likeness (QED) is 0.502. The number of nitrogens with one attached hydrogen (secondary N) is 2. The van der Waals surface area contributed by atoms with Gasteiger partial charge in [0.05, 0.1) is 11.7 Å². The lowest BCUT2D eigenvalue weighted by Crippen LogP contribution is -2.32. The number of anilines is 2. The molecule has 0 radical (unpaired) electrons. The molecule has 1 aliphatic rings. The molecule has 7 nitrogen and oxygen atoms in total. The normalized spacial score (nSPS) is 13.6. The molecule has 3 rings (SSSR count). The van der Waals surface area contributed by atoms with Gasteiger partial charge in [0.1, 0.15) is 11.4 Å². The first-order valence-electron chi connectivity index (χ1n) is 9.93. The summed E-state index contributed by atoms with van der Waals surface area (Å²) in [5, 5.41) is 5.76. The van der Waals surface area contributed by atoms with Crippen LogP contribution < -0.4 is 15.4 Å². The summed E-state index contributed by atoms with van der Waals surface area (Å²) in [5.74, 6) is -0.303. The Morgan fingerprint density at radius 3 is 2.19 bits per heavy atom. The number of nitrogens with zero attached hydrogens (tertiary/aromatic N) is 1. The maximum Gasteiger partial charge on any atom is 0.278 e. The Morgan fingerprint density at radius 2 is 1.65 bits per heavy atom. The van der Waals surface area contributed by atoms with Crippen LogP contribution in [0.1, 0.15) is 26.3 Å². The monoisotopic (exact) mass is 419 g/mol. The van der Waals surface area contributed by atoms with E-state index in [1.165, 1.54) is 13.0 Å². The largest absolute Gasteiger partial charge is 0.491 e. The molecule has 0 atom stereocenters. The van der Waals surface area contributed by atoms with Crippen molar-refractivity contribution >= 4 is 34.7 Å². The molecule has 0 fully saturated rings. The molecular formula is C24H25N3O4. The van der Waals surface area contributed by atoms with E-state index >= 15 is 0 Å². The Hall–Kier alpha value is -3.87. The van der Waals surface area contributed by atoms with E-state index in [1.54, 1.807) is 48.5 Å². The van der Waals surface area contributed by atoms with Gasteiger partial charge in [0.2, 0.25) is 5.91 Å². The van der Waals surface area contributed by atoms with Gasteiger partial charge >= 0.3 is 0 Å². The summed E-state index contributed by atoms with van der Waals surface area (Å²) in [4.78, 5) is 38.3. The molecule has 0 spiro atoms. The zero-order valence-corrected chi connectivity index (χ0v) is 17.8. The van der Waals surface area contributed by atoms with Crippen molar-refractivity contribution in [2.24, 2.45) is 0 Å². The van der Waals surface area contributed by atoms with Gasteiger partial charge in [-0.1, -0.05) is 18.2 Å². The van der Waals surface area contributed by atoms with Crippen molar-refractivity contribution in [2.75, 3.05) is 17.2 Å². The number of hydrogen-bond acceptors (Lipinski definition) is 5. The van der Waals surface area contributed by atoms with Gasteiger partial charge in [-0.2, -0.15) is 0 Å². The third-order valence-electron chi connectivity index (χ3n) is 4.47. The van der Waals surface area contributed by atoms with Crippen LogP contribution in [-0.4, -0.2) is 35.3 Å². The summed E-state index contributed by atoms with van der Waals surface area (Å²) in [5.41, 5.74) is 2.34. The number of carbonyl (C=O) groups is 3. The summed E-state index contributed by atoms with van der Waals surface area (Å²) >= 11 is 0. The fraction of sp³-hybridized carbons (Fsp3) is 0.208. The first-order chi connectivity index (χ1) is 14.8. The molecule has 2 aromatic carbocycles. The predicted molar refractivity (Wildman–Crippen MR) is 120 cm³/mol. The molecule has 31 heavy (non-hydrogen) atoms. The number of benzene rings is 2. The minimum Gasteiger partial charge on any atom is -0.491 e. The topological polar surface area (TPSA) is 87.7 Å². The highest BCUT2D eigenvalue weighted by atomic mass is 16.5. The fourth-order valence-corrected chi connectivity index (χ4v) is 3.21. The van der Waals surface area contributed by atoms with Crippen LogP contribution in [0.4, 0.5) is 11.4 Å². The average Bonchev–Trinajstić information content (AvgIpc) is 2.94. The van der Waals surface area contributed by atoms with Crippen molar-refractivity contribution in [1.29, 1.82) is 0 Å². The second-order valence-corrected chi connectivity index (χ2v) is 7.33. The van der Waals surface area contributed by atoms with Crippen molar-refractivity contribution in [3.63, 3.8) is 0 Å². The first kappa shape index (κ1) is 21.8. The summed E-state index contributed by atoms with van der Waals surface area (Å²) < 4.78 is 5.66. The van der Waals surface area contributed by atoms with E-state index in [4.69, 9.17) is 4.74 Å². The van der Waals surface area contributed by atoms with E-state index in [9.17, 15) is 14.4 Å². The van der Waals surface area contributed by atoms with Gasteiger partial charge in [0.15, 0.2) is 0 Å². The molecule has 0 unspecified atom stereocenters. The highest BCUT2D eigenvalue weighted by molar-refractivity contribution is 6.36. The average molecular weight is 419 g/mol. The van der Waals surface area contributed by atoms with Crippen LogP contribution in [0, 0.1) is 0 Å². The molecular weight excluding hydrogens is 394 g/mol. The molecule has 0 saturated carbocycles. The van der Waals surface area contributed by atoms with E-state index in [-0.39, 0.29) is 35.7 Å². The Balaban J connectivity index is 1.95. The maximum absolute atomic E-state index is 13.0. The highest BCUT2D eigenvalue weighted by Crippen LogP contribution is 2.31. The van der Waals surface area contributed by atoms with E-state index < -0.39 is 5.91 Å². The highest BCUT2D eigenvalue weighted by Gasteiger charge is 2.38. The smallest absolute Gasteiger partial charge is 0.278 e. The van der Waals surface area contributed by atoms with Crippen LogP contribution >= 0.6 is 0 Å². The number of imide groups is 1. The lowest BCUT2D eigenvalue weighted by molar-refractivity contribution is -0.136. The van der Waals surface area contributed by atoms with Gasteiger partial charge < -0.3 is 15.4 Å². The van der Waals surface area contributed by atoms with Crippen LogP contribution in [0.5, 0.6) is 5.75 Å². The maximum atomic E-state index is 13.0. The minimum atomic E-state index is -0.423. The van der Waals surface area contributed by atoms with E-state index in [2.05, 4.69) is 17.2 Å². The molecule has 7 heteroatoms. The minimum absolute atomic E-state index is 0.0283. The third kappa shape index (κ3) is 5.01. The van der Waals surface area contributed by atoms with Gasteiger partial charge in [0.25, 0.3) is 11.8 Å². The summed E-state index contributed by atoms with van der Waals surface area (Å²) in [6, 6.07) is 13.9. The lowest BCUT2D eigenvalue weighted by atomic mass is 10.0. The number of ether oxygens (including phenoxy) is 1. The fourth-order valence-electron chi connectivity index (χ4n) is 3.21. The van der Waals surface area contributed by atoms with Crippen LogP contribution in [0.3, 0.4) is 0 Å². The zero-order chi connectivity index (χ0) is 22.5. The summed E-state index contributed by atoms with van der Waals surface area (Å²) in [6.07, 6.45) is 1.54. The van der Waals surface area contributed by atoms with Gasteiger partial charge in [-0.3, -0.25) is 19.3 Å². The van der Waals surface area contributed by atoms with Crippen molar-refractivity contribution in [3.05, 3.63) is 72.4 Å². The number of amides is 3. The lowest BCUT2D eigenvalue weighted by Gasteiger charge is -2.12. The second kappa shape index (κ2) is 9.30. The van der Waals surface area contributed by atoms with E-state index in [1.807, 2.05) is 13.8 Å². The van der Waals surface area contributed by atoms with E-state index in [0.717, 1.165) is 4.90 Å². The van der Waals surface area contributed by atoms with Gasteiger partial charge in [-0.25, -0.2) is 0 Å². The molecule has 1 aliphatic heterocycles. The van der Waals surface area contributed by atoms with Crippen LogP contribution in [0.2, 0.25) is 0 Å². The molecule has 0 bridgehead atoms. The Morgan fingerprint density at radius 1 is 1.03 bits per heavy atom.